The van der Waals surface area contributed by atoms with Crippen molar-refractivity contribution in [2.75, 3.05) is 0 Å². The van der Waals surface area contributed by atoms with Crippen molar-refractivity contribution in [1.82, 2.24) is 0 Å². The Morgan fingerprint density at radius 3 is 1.25 bits per heavy atom. The third kappa shape index (κ3) is 9.68. The Balaban J connectivity index is -0.0000000417. The van der Waals surface area contributed by atoms with E-state index in [-0.39, 0.29) is 47.6 Å². The van der Waals surface area contributed by atoms with E-state index in [2.05, 4.69) is 0 Å². The molecule has 4 nitrogen and oxygen atoms in total. The predicted molar refractivity (Wildman–Crippen MR) is 24.9 cm³/mol. The summed E-state index contributed by atoms with van der Waals surface area (Å²) < 4.78 is 0. The molecule has 2 radical (unpaired) electrons. The van der Waals surface area contributed by atoms with Crippen LogP contribution in [-0.4, -0.2) is 49.5 Å². The molecule has 0 aliphatic carbocycles. The van der Waals surface area contributed by atoms with E-state index in [4.69, 9.17) is 19.8 Å². The fourth-order valence-electron chi connectivity index (χ4n) is 0. The Hall–Kier alpha value is 0.459. The first-order valence-electron chi connectivity index (χ1n) is 1.11. The summed E-state index contributed by atoms with van der Waals surface area (Å²) in [6.07, 6.45) is 0. The van der Waals surface area contributed by atoms with Gasteiger partial charge in [-0.25, -0.2) is 9.59 Å². The molecular formula is C2H5LiO4Pb. The van der Waals surface area contributed by atoms with Crippen LogP contribution in [0.25, 0.3) is 0 Å². The molecule has 0 aromatic rings. The molecule has 0 saturated heterocycles. The second-order valence-electron chi connectivity index (χ2n) is 0.610. The second kappa shape index (κ2) is 7.46. The molecule has 8 heavy (non-hydrogen) atoms. The fraction of sp³-hybridized carbons (Fsp3) is 0. The molecule has 0 aromatic carbocycles. The summed E-state index contributed by atoms with van der Waals surface area (Å²) in [6.45, 7) is 0. The van der Waals surface area contributed by atoms with E-state index in [9.17, 15) is 0 Å². The van der Waals surface area contributed by atoms with Crippen molar-refractivity contribution in [3.8, 4) is 0 Å². The molecule has 0 fully saturated rings. The van der Waals surface area contributed by atoms with Crippen LogP contribution in [-0.2, 0) is 9.59 Å². The maximum absolute atomic E-state index is 9.10. The van der Waals surface area contributed by atoms with Gasteiger partial charge in [-0.2, -0.15) is 0 Å². The van der Waals surface area contributed by atoms with Gasteiger partial charge in [-0.15, -0.1) is 0 Å². The average molecular weight is 307 g/mol. The maximum atomic E-state index is 9.10. The third-order valence-corrected chi connectivity index (χ3v) is 0.183. The molecule has 0 heterocycles. The van der Waals surface area contributed by atoms with Gasteiger partial charge in [0.1, 0.15) is 0 Å². The van der Waals surface area contributed by atoms with Gasteiger partial charge in [0.15, 0.2) is 0 Å². The first-order chi connectivity index (χ1) is 2.64. The van der Waals surface area contributed by atoms with Crippen LogP contribution in [0.15, 0.2) is 0 Å². The van der Waals surface area contributed by atoms with Crippen LogP contribution < -0.4 is 18.9 Å². The average Bonchev–Trinajstić information content (AvgIpc) is 1.36. The summed E-state index contributed by atoms with van der Waals surface area (Å²) in [5, 5.41) is 14.8. The molecule has 0 aliphatic rings. The molecule has 0 saturated carbocycles. The van der Waals surface area contributed by atoms with Crippen molar-refractivity contribution in [2.45, 2.75) is 0 Å². The Morgan fingerprint density at radius 2 is 1.25 bits per heavy atom. The van der Waals surface area contributed by atoms with Crippen molar-refractivity contribution < 1.29 is 40.1 Å². The predicted octanol–water partition coefficient (Wildman–Crippen LogP) is -4.64. The monoisotopic (exact) mass is 308 g/mol. The molecule has 0 spiro atoms. The van der Waals surface area contributed by atoms with Gasteiger partial charge in [0.05, 0.1) is 0 Å². The fourth-order valence-corrected chi connectivity index (χ4v) is 0. The number of carboxylic acids is 2. The van der Waals surface area contributed by atoms with Crippen molar-refractivity contribution in [1.29, 1.82) is 0 Å². The number of rotatable bonds is 0. The molecular weight excluding hydrogens is 302 g/mol. The van der Waals surface area contributed by atoms with Crippen molar-refractivity contribution in [3.05, 3.63) is 0 Å². The molecule has 0 aliphatic heterocycles. The summed E-state index contributed by atoms with van der Waals surface area (Å²) in [5.41, 5.74) is 0. The van der Waals surface area contributed by atoms with E-state index < -0.39 is 11.9 Å². The minimum absolute atomic E-state index is 0. The number of hydrogen-bond acceptors (Lipinski definition) is 2. The topological polar surface area (TPSA) is 74.6 Å². The number of carbonyl (C=O) groups is 2. The number of hydrogen-bond donors (Lipinski definition) is 2. The summed E-state index contributed by atoms with van der Waals surface area (Å²) >= 11 is 0. The van der Waals surface area contributed by atoms with Gasteiger partial charge >= 0.3 is 58.1 Å². The van der Waals surface area contributed by atoms with Gasteiger partial charge < -0.3 is 11.6 Å². The molecule has 0 bridgehead atoms. The molecule has 0 amide bonds. The first kappa shape index (κ1) is 15.8. The summed E-state index contributed by atoms with van der Waals surface area (Å²) in [6, 6.07) is 0. The number of carboxylic acid groups (broad SMARTS) is 2. The van der Waals surface area contributed by atoms with Gasteiger partial charge in [-0.05, 0) is 0 Å². The Bertz CT molecular complexity index is 84.6. The van der Waals surface area contributed by atoms with Gasteiger partial charge in [-0.1, -0.05) is 0 Å². The van der Waals surface area contributed by atoms with Gasteiger partial charge in [-0.3, -0.25) is 0 Å². The zero-order valence-corrected chi connectivity index (χ0v) is 9.92. The van der Waals surface area contributed by atoms with Gasteiger partial charge in [0.2, 0.25) is 0 Å². The normalized spacial score (nSPS) is 5.50. The summed E-state index contributed by atoms with van der Waals surface area (Å²) in [7, 11) is 0. The summed E-state index contributed by atoms with van der Waals surface area (Å²) in [4.78, 5) is 18.2. The van der Waals surface area contributed by atoms with Crippen molar-refractivity contribution in [2.24, 2.45) is 0 Å². The van der Waals surface area contributed by atoms with Crippen molar-refractivity contribution in [3.63, 3.8) is 0 Å². The number of aliphatic carboxylic acids is 2. The second-order valence-corrected chi connectivity index (χ2v) is 0.610. The van der Waals surface area contributed by atoms with Crippen LogP contribution in [0.2, 0.25) is 0 Å². The molecule has 2 N–H and O–H groups in total. The van der Waals surface area contributed by atoms with Crippen LogP contribution in [0.4, 0.5) is 0 Å². The molecule has 0 rings (SSSR count). The van der Waals surface area contributed by atoms with Crippen molar-refractivity contribution >= 4 is 39.2 Å². The van der Waals surface area contributed by atoms with Crippen LogP contribution in [0.1, 0.15) is 1.43 Å². The Kier molecular flexibility index (Phi) is 14.7. The zero-order chi connectivity index (χ0) is 5.15. The minimum atomic E-state index is -1.82. The van der Waals surface area contributed by atoms with E-state index in [1.165, 1.54) is 0 Å². The standard InChI is InChI=1S/C2H2O4.Li.Pb.3H/c3-1(4)2(5)6;;;;;/h(H,3,4)(H,5,6);;;;;/q;+1;;;;-1. The SMILES string of the molecule is O=C(O)C(=O)O.[H-].[Li+].[PbH2]. The van der Waals surface area contributed by atoms with Crippen LogP contribution in [0.3, 0.4) is 0 Å². The Morgan fingerprint density at radius 1 is 1.12 bits per heavy atom. The van der Waals surface area contributed by atoms with E-state index >= 15 is 0 Å². The molecule has 0 unspecified atom stereocenters. The van der Waals surface area contributed by atoms with Crippen LogP contribution in [0.5, 0.6) is 0 Å². The van der Waals surface area contributed by atoms with E-state index in [0.717, 1.165) is 0 Å². The van der Waals surface area contributed by atoms with E-state index in [1.807, 2.05) is 0 Å². The van der Waals surface area contributed by atoms with Crippen LogP contribution >= 0.6 is 0 Å². The first-order valence-corrected chi connectivity index (χ1v) is 1.11. The molecule has 6 heteroatoms. The quantitative estimate of drug-likeness (QED) is 0.349. The van der Waals surface area contributed by atoms with Gasteiger partial charge in [0, 0.05) is 0 Å². The summed E-state index contributed by atoms with van der Waals surface area (Å²) in [5.74, 6) is -3.65. The Labute approximate surface area is 79.1 Å². The molecule has 0 aromatic heterocycles. The van der Waals surface area contributed by atoms with Crippen LogP contribution in [0, 0.1) is 0 Å². The zero-order valence-electron chi connectivity index (χ0n) is 5.42. The molecule has 0 atom stereocenters. The molecule has 42 valence electrons. The third-order valence-electron chi connectivity index (χ3n) is 0.183. The van der Waals surface area contributed by atoms with E-state index in [1.54, 1.807) is 0 Å². The van der Waals surface area contributed by atoms with E-state index in [0.29, 0.717) is 0 Å². The van der Waals surface area contributed by atoms with Gasteiger partial charge in [0.25, 0.3) is 0 Å².